The van der Waals surface area contributed by atoms with Gasteiger partial charge in [-0.1, -0.05) is 54.4 Å². The number of hydrogen-bond acceptors (Lipinski definition) is 1. The van der Waals surface area contributed by atoms with Gasteiger partial charge in [-0.3, -0.25) is 0 Å². The largest absolute Gasteiger partial charge is 0.310 e. The Morgan fingerprint density at radius 3 is 2.60 bits per heavy atom. The van der Waals surface area contributed by atoms with Crippen molar-refractivity contribution in [2.75, 3.05) is 6.54 Å². The lowest BCUT2D eigenvalue weighted by Crippen LogP contribution is -2.23. The maximum Gasteiger partial charge on any atom is 0.127 e. The minimum atomic E-state index is -0.243. The first kappa shape index (κ1) is 15.0. The van der Waals surface area contributed by atoms with Crippen LogP contribution in [0.1, 0.15) is 29.7 Å². The van der Waals surface area contributed by atoms with Gasteiger partial charge in [-0.15, -0.1) is 0 Å². The smallest absolute Gasteiger partial charge is 0.127 e. The highest BCUT2D eigenvalue weighted by molar-refractivity contribution is 6.31. The van der Waals surface area contributed by atoms with Crippen LogP contribution in [-0.4, -0.2) is 6.54 Å². The molecule has 3 heteroatoms. The van der Waals surface area contributed by atoms with E-state index in [-0.39, 0.29) is 11.9 Å². The second kappa shape index (κ2) is 6.87. The van der Waals surface area contributed by atoms with Crippen molar-refractivity contribution in [2.45, 2.75) is 26.3 Å². The Bertz CT molecular complexity index is 563. The third kappa shape index (κ3) is 3.59. The van der Waals surface area contributed by atoms with Crippen LogP contribution in [0.15, 0.2) is 42.5 Å². The molecule has 0 aliphatic rings. The first-order valence-electron chi connectivity index (χ1n) is 6.84. The van der Waals surface area contributed by atoms with E-state index in [1.807, 2.05) is 13.0 Å². The van der Waals surface area contributed by atoms with Crippen molar-refractivity contribution in [1.82, 2.24) is 5.32 Å². The van der Waals surface area contributed by atoms with Crippen LogP contribution < -0.4 is 5.32 Å². The molecule has 20 heavy (non-hydrogen) atoms. The molecule has 0 saturated carbocycles. The molecule has 1 atom stereocenters. The number of rotatable bonds is 5. The van der Waals surface area contributed by atoms with Gasteiger partial charge in [0.25, 0.3) is 0 Å². The van der Waals surface area contributed by atoms with Crippen molar-refractivity contribution in [3.63, 3.8) is 0 Å². The first-order valence-corrected chi connectivity index (χ1v) is 7.22. The molecule has 0 fully saturated rings. The maximum absolute atomic E-state index is 13.9. The van der Waals surface area contributed by atoms with Crippen molar-refractivity contribution in [2.24, 2.45) is 0 Å². The van der Waals surface area contributed by atoms with Crippen LogP contribution in [0.3, 0.4) is 0 Å². The van der Waals surface area contributed by atoms with Crippen LogP contribution in [-0.2, 0) is 6.42 Å². The van der Waals surface area contributed by atoms with Crippen molar-refractivity contribution < 1.29 is 4.39 Å². The zero-order chi connectivity index (χ0) is 14.5. The van der Waals surface area contributed by atoms with Crippen molar-refractivity contribution in [3.8, 4) is 0 Å². The Kier molecular flexibility index (Phi) is 5.16. The Hall–Kier alpha value is -1.38. The molecule has 0 aliphatic carbocycles. The summed E-state index contributed by atoms with van der Waals surface area (Å²) in [5.74, 6) is -0.243. The van der Waals surface area contributed by atoms with E-state index in [4.69, 9.17) is 11.6 Å². The molecule has 0 aromatic heterocycles. The highest BCUT2D eigenvalue weighted by atomic mass is 35.5. The van der Waals surface area contributed by atoms with Gasteiger partial charge in [-0.25, -0.2) is 4.39 Å². The van der Waals surface area contributed by atoms with Crippen LogP contribution >= 0.6 is 11.6 Å². The molecule has 1 nitrogen and oxygen atoms in total. The molecule has 2 aromatic rings. The lowest BCUT2D eigenvalue weighted by Gasteiger charge is -2.20. The Labute approximate surface area is 124 Å². The number of hydrogen-bond donors (Lipinski definition) is 1. The van der Waals surface area contributed by atoms with Gasteiger partial charge in [0.05, 0.1) is 0 Å². The zero-order valence-corrected chi connectivity index (χ0v) is 12.5. The van der Waals surface area contributed by atoms with E-state index in [0.717, 1.165) is 12.1 Å². The Balaban J connectivity index is 2.30. The lowest BCUT2D eigenvalue weighted by molar-refractivity contribution is 0.528. The van der Waals surface area contributed by atoms with E-state index in [2.05, 4.69) is 30.4 Å². The predicted molar refractivity (Wildman–Crippen MR) is 82.7 cm³/mol. The van der Waals surface area contributed by atoms with E-state index in [1.165, 1.54) is 11.6 Å². The molecule has 0 heterocycles. The van der Waals surface area contributed by atoms with E-state index in [9.17, 15) is 4.39 Å². The van der Waals surface area contributed by atoms with Crippen LogP contribution in [0.4, 0.5) is 4.39 Å². The number of likely N-dealkylation sites (N-methyl/N-ethyl adjacent to an activating group) is 1. The topological polar surface area (TPSA) is 12.0 Å². The number of benzene rings is 2. The van der Waals surface area contributed by atoms with Gasteiger partial charge in [-0.05, 0) is 37.6 Å². The normalized spacial score (nSPS) is 12.4. The summed E-state index contributed by atoms with van der Waals surface area (Å²) in [5.41, 5.74) is 2.93. The van der Waals surface area contributed by atoms with Crippen LogP contribution in [0.5, 0.6) is 0 Å². The minimum Gasteiger partial charge on any atom is -0.310 e. The molecular formula is C17H19ClFN. The average molecular weight is 292 g/mol. The second-order valence-electron chi connectivity index (χ2n) is 4.93. The summed E-state index contributed by atoms with van der Waals surface area (Å²) in [6.07, 6.45) is 0.544. The third-order valence-corrected chi connectivity index (χ3v) is 3.72. The summed E-state index contributed by atoms with van der Waals surface area (Å²) in [7, 11) is 0. The molecule has 106 valence electrons. The highest BCUT2D eigenvalue weighted by Gasteiger charge is 2.16. The van der Waals surface area contributed by atoms with Gasteiger partial charge in [0.2, 0.25) is 0 Å². The molecule has 0 spiro atoms. The van der Waals surface area contributed by atoms with Crippen molar-refractivity contribution in [3.05, 3.63) is 70.0 Å². The fraction of sp³-hybridized carbons (Fsp3) is 0.294. The molecule has 1 N–H and O–H groups in total. The Morgan fingerprint density at radius 2 is 1.95 bits per heavy atom. The standard InChI is InChI=1S/C17H19ClFN/c1-3-20-17(13-7-4-6-12(2)10-13)11-14-15(18)8-5-9-16(14)19/h4-10,17,20H,3,11H2,1-2H3. The molecule has 1 unspecified atom stereocenters. The van der Waals surface area contributed by atoms with E-state index >= 15 is 0 Å². The molecule has 0 aliphatic heterocycles. The average Bonchev–Trinajstić information content (AvgIpc) is 2.42. The number of aryl methyl sites for hydroxylation is 1. The van der Waals surface area contributed by atoms with Gasteiger partial charge < -0.3 is 5.32 Å². The Morgan fingerprint density at radius 1 is 1.20 bits per heavy atom. The molecule has 0 bridgehead atoms. The molecule has 0 radical (unpaired) electrons. The minimum absolute atomic E-state index is 0.0642. The van der Waals surface area contributed by atoms with Gasteiger partial charge in [0, 0.05) is 16.6 Å². The van der Waals surface area contributed by atoms with Gasteiger partial charge >= 0.3 is 0 Å². The third-order valence-electron chi connectivity index (χ3n) is 3.36. The van der Waals surface area contributed by atoms with E-state index < -0.39 is 0 Å². The van der Waals surface area contributed by atoms with Crippen LogP contribution in [0.2, 0.25) is 5.02 Å². The van der Waals surface area contributed by atoms with Gasteiger partial charge in [-0.2, -0.15) is 0 Å². The summed E-state index contributed by atoms with van der Waals surface area (Å²) in [4.78, 5) is 0. The van der Waals surface area contributed by atoms with Crippen LogP contribution in [0, 0.1) is 12.7 Å². The van der Waals surface area contributed by atoms with Crippen molar-refractivity contribution >= 4 is 11.6 Å². The predicted octanol–water partition coefficient (Wildman–Crippen LogP) is 4.68. The SMILES string of the molecule is CCNC(Cc1c(F)cccc1Cl)c1cccc(C)c1. The molecule has 2 aromatic carbocycles. The quantitative estimate of drug-likeness (QED) is 0.843. The van der Waals surface area contributed by atoms with Crippen molar-refractivity contribution in [1.29, 1.82) is 0 Å². The maximum atomic E-state index is 13.9. The summed E-state index contributed by atoms with van der Waals surface area (Å²) in [6.45, 7) is 4.93. The molecule has 0 amide bonds. The van der Waals surface area contributed by atoms with E-state index in [1.54, 1.807) is 12.1 Å². The summed E-state index contributed by atoms with van der Waals surface area (Å²) in [6, 6.07) is 13.2. The lowest BCUT2D eigenvalue weighted by atomic mass is 9.97. The monoisotopic (exact) mass is 291 g/mol. The second-order valence-corrected chi connectivity index (χ2v) is 5.34. The van der Waals surface area contributed by atoms with Crippen LogP contribution in [0.25, 0.3) is 0 Å². The van der Waals surface area contributed by atoms with Gasteiger partial charge in [0.15, 0.2) is 0 Å². The summed E-state index contributed by atoms with van der Waals surface area (Å²) in [5, 5.41) is 3.89. The number of halogens is 2. The fourth-order valence-electron chi connectivity index (χ4n) is 2.37. The molecule has 2 rings (SSSR count). The molecular weight excluding hydrogens is 273 g/mol. The van der Waals surface area contributed by atoms with E-state index in [0.29, 0.717) is 17.0 Å². The summed E-state index contributed by atoms with van der Waals surface area (Å²) < 4.78 is 13.9. The van der Waals surface area contributed by atoms with Gasteiger partial charge in [0.1, 0.15) is 5.82 Å². The summed E-state index contributed by atoms with van der Waals surface area (Å²) >= 11 is 6.12. The first-order chi connectivity index (χ1) is 9.61. The number of nitrogens with one attached hydrogen (secondary N) is 1. The zero-order valence-electron chi connectivity index (χ0n) is 11.8. The molecule has 0 saturated heterocycles. The fourth-order valence-corrected chi connectivity index (χ4v) is 2.61. The highest BCUT2D eigenvalue weighted by Crippen LogP contribution is 2.26.